The number of hydrogen-bond acceptors (Lipinski definition) is 15. The molecule has 2 aromatic heterocycles. The molecule has 4 aromatic rings. The minimum absolute atomic E-state index is 0.111. The Morgan fingerprint density at radius 1 is 0.956 bits per heavy atom. The van der Waals surface area contributed by atoms with E-state index in [1.54, 1.807) is 6.07 Å². The van der Waals surface area contributed by atoms with Crippen LogP contribution in [0.2, 0.25) is 0 Å². The van der Waals surface area contributed by atoms with Gasteiger partial charge in [0.15, 0.2) is 5.82 Å². The molecule has 2 aromatic carbocycles. The van der Waals surface area contributed by atoms with Crippen LogP contribution in [0.25, 0.3) is 22.2 Å². The summed E-state index contributed by atoms with van der Waals surface area (Å²) in [5.41, 5.74) is -0.287. The SMILES string of the molecule is CN(Cc1c(C=O)cccc1NCCCN1CCN(CCCNC2(C)CN(c3nc(N4CC5CCC(C4)N5)c4cnc(-c5cc(O)ccc5C(F)(F)F)c(F)c4n3)C2)CC1)C1CCC(=O)NC1=O. The summed E-state index contributed by atoms with van der Waals surface area (Å²) in [6.45, 7) is 12.3. The molecular formula is C48H60F4N12O4. The van der Waals surface area contributed by atoms with Crippen molar-refractivity contribution in [2.24, 2.45) is 0 Å². The lowest BCUT2D eigenvalue weighted by molar-refractivity contribution is -0.138. The summed E-state index contributed by atoms with van der Waals surface area (Å²) in [6.07, 6.45) is 2.03. The summed E-state index contributed by atoms with van der Waals surface area (Å²) in [4.78, 5) is 60.9. The van der Waals surface area contributed by atoms with Gasteiger partial charge < -0.3 is 40.7 Å². The number of nitrogens with one attached hydrogen (secondary N) is 4. The summed E-state index contributed by atoms with van der Waals surface area (Å²) in [7, 11) is 1.84. The second kappa shape index (κ2) is 19.8. The van der Waals surface area contributed by atoms with Crippen LogP contribution >= 0.6 is 0 Å². The highest BCUT2D eigenvalue weighted by atomic mass is 19.4. The van der Waals surface area contributed by atoms with E-state index in [1.807, 2.05) is 29.0 Å². The number of fused-ring (bicyclic) bond motifs is 3. The Morgan fingerprint density at radius 3 is 2.34 bits per heavy atom. The van der Waals surface area contributed by atoms with E-state index in [4.69, 9.17) is 4.98 Å². The first-order chi connectivity index (χ1) is 32.6. The van der Waals surface area contributed by atoms with Crippen molar-refractivity contribution in [2.75, 3.05) is 101 Å². The molecule has 5 saturated heterocycles. The Balaban J connectivity index is 0.754. The molecule has 16 nitrogen and oxygen atoms in total. The highest BCUT2D eigenvalue weighted by Gasteiger charge is 2.42. The van der Waals surface area contributed by atoms with Gasteiger partial charge in [-0.05, 0) is 95.5 Å². The quantitative estimate of drug-likeness (QED) is 0.0441. The number of pyridine rings is 1. The van der Waals surface area contributed by atoms with Crippen molar-refractivity contribution in [3.05, 3.63) is 65.1 Å². The number of aromatic nitrogens is 3. The fraction of sp³-hybridized carbons (Fsp3) is 0.542. The van der Waals surface area contributed by atoms with E-state index in [9.17, 15) is 32.7 Å². The van der Waals surface area contributed by atoms with Crippen LogP contribution in [0.4, 0.5) is 35.0 Å². The minimum atomic E-state index is -4.80. The normalized spacial score (nSPS) is 22.2. The number of halogens is 4. The zero-order valence-corrected chi connectivity index (χ0v) is 38.5. The number of hydrogen-bond donors (Lipinski definition) is 5. The number of nitrogens with zero attached hydrogens (tertiary/aromatic N) is 8. The van der Waals surface area contributed by atoms with Gasteiger partial charge >= 0.3 is 6.18 Å². The van der Waals surface area contributed by atoms with Crippen LogP contribution in [-0.4, -0.2) is 162 Å². The average Bonchev–Trinajstić information content (AvgIpc) is 3.64. The van der Waals surface area contributed by atoms with Gasteiger partial charge in [0, 0.05) is 107 Å². The van der Waals surface area contributed by atoms with Gasteiger partial charge in [-0.25, -0.2) is 9.37 Å². The van der Waals surface area contributed by atoms with Crippen LogP contribution < -0.4 is 31.1 Å². The van der Waals surface area contributed by atoms with Crippen molar-refractivity contribution >= 4 is 46.5 Å². The fourth-order valence-electron chi connectivity index (χ4n) is 10.6. The van der Waals surface area contributed by atoms with E-state index < -0.39 is 40.6 Å². The Kier molecular flexibility index (Phi) is 13.9. The zero-order chi connectivity index (χ0) is 47.7. The molecule has 20 heteroatoms. The van der Waals surface area contributed by atoms with Gasteiger partial charge in [0.05, 0.1) is 22.5 Å². The zero-order valence-electron chi connectivity index (χ0n) is 38.5. The first kappa shape index (κ1) is 47.5. The van der Waals surface area contributed by atoms with Gasteiger partial charge in [-0.1, -0.05) is 12.1 Å². The van der Waals surface area contributed by atoms with E-state index in [-0.39, 0.29) is 35.0 Å². The molecule has 5 aliphatic heterocycles. The third-order valence-corrected chi connectivity index (χ3v) is 14.2. The highest BCUT2D eigenvalue weighted by Crippen LogP contribution is 2.41. The van der Waals surface area contributed by atoms with Crippen LogP contribution in [0.3, 0.4) is 0 Å². The average molecular weight is 945 g/mol. The van der Waals surface area contributed by atoms with E-state index >= 15 is 4.39 Å². The lowest BCUT2D eigenvalue weighted by atomic mass is 9.92. The molecule has 0 spiro atoms. The van der Waals surface area contributed by atoms with E-state index in [0.29, 0.717) is 68.3 Å². The van der Waals surface area contributed by atoms with Crippen molar-refractivity contribution in [1.29, 1.82) is 0 Å². The number of imide groups is 1. The summed E-state index contributed by atoms with van der Waals surface area (Å²) >= 11 is 0. The molecule has 2 bridgehead atoms. The van der Waals surface area contributed by atoms with Crippen molar-refractivity contribution in [3.8, 4) is 17.0 Å². The van der Waals surface area contributed by atoms with Gasteiger partial charge in [-0.15, -0.1) is 0 Å². The van der Waals surface area contributed by atoms with Gasteiger partial charge in [-0.3, -0.25) is 29.6 Å². The van der Waals surface area contributed by atoms with Crippen LogP contribution in [0.5, 0.6) is 5.75 Å². The summed E-state index contributed by atoms with van der Waals surface area (Å²) in [5, 5.41) is 23.7. The molecule has 68 heavy (non-hydrogen) atoms. The fourth-order valence-corrected chi connectivity index (χ4v) is 10.6. The summed E-state index contributed by atoms with van der Waals surface area (Å²) < 4.78 is 58.9. The number of amides is 2. The van der Waals surface area contributed by atoms with Crippen LogP contribution in [0.15, 0.2) is 42.6 Å². The number of rotatable bonds is 17. The van der Waals surface area contributed by atoms with E-state index in [1.165, 1.54) is 6.20 Å². The molecule has 0 saturated carbocycles. The number of piperazine rings is 2. The number of anilines is 3. The maximum atomic E-state index is 16.6. The molecule has 2 amide bonds. The molecule has 0 radical (unpaired) electrons. The lowest BCUT2D eigenvalue weighted by Gasteiger charge is -2.49. The lowest BCUT2D eigenvalue weighted by Crippen LogP contribution is -2.68. The number of carbonyl (C=O) groups excluding carboxylic acids is 3. The van der Waals surface area contributed by atoms with Crippen LogP contribution in [-0.2, 0) is 22.3 Å². The molecular weight excluding hydrogens is 885 g/mol. The first-order valence-electron chi connectivity index (χ1n) is 23.7. The van der Waals surface area contributed by atoms with Gasteiger partial charge in [0.2, 0.25) is 17.8 Å². The predicted molar refractivity (Wildman–Crippen MR) is 250 cm³/mol. The number of phenols is 1. The van der Waals surface area contributed by atoms with E-state index in [2.05, 4.69) is 52.9 Å². The molecule has 5 N–H and O–H groups in total. The van der Waals surface area contributed by atoms with Crippen molar-refractivity contribution < 1.29 is 37.1 Å². The van der Waals surface area contributed by atoms with E-state index in [0.717, 1.165) is 114 Å². The third kappa shape index (κ3) is 10.4. The molecule has 364 valence electrons. The summed E-state index contributed by atoms with van der Waals surface area (Å²) in [5.74, 6) is -1.18. The maximum absolute atomic E-state index is 16.6. The molecule has 7 heterocycles. The van der Waals surface area contributed by atoms with Crippen molar-refractivity contribution in [2.45, 2.75) is 81.8 Å². The molecule has 9 rings (SSSR count). The maximum Gasteiger partial charge on any atom is 0.417 e. The number of alkyl halides is 3. The number of aldehydes is 1. The Morgan fingerprint density at radius 2 is 1.66 bits per heavy atom. The number of aromatic hydroxyl groups is 1. The second-order valence-electron chi connectivity index (χ2n) is 19.3. The van der Waals surface area contributed by atoms with Crippen LogP contribution in [0.1, 0.15) is 66.9 Å². The van der Waals surface area contributed by atoms with Gasteiger partial charge in [0.1, 0.15) is 29.1 Å². The predicted octanol–water partition coefficient (Wildman–Crippen LogP) is 4.22. The number of carbonyl (C=O) groups is 3. The highest BCUT2D eigenvalue weighted by molar-refractivity contribution is 6.00. The topological polar surface area (TPSA) is 174 Å². The van der Waals surface area contributed by atoms with Crippen molar-refractivity contribution in [1.82, 2.24) is 45.6 Å². The van der Waals surface area contributed by atoms with Gasteiger partial charge in [0.25, 0.3) is 0 Å². The number of phenolic OH excluding ortho intramolecular Hbond substituents is 1. The standard InChI is InChI=1S/C48H60F4N12O4/c1-47(55-15-5-17-62-20-18-61(19-21-62)16-4-14-53-38-7-3-6-30(27-65)36(38)26-60(2)39-12-13-40(67)57-45(39)68)28-64(29-47)46-58-43-35(44(59-46)63-24-31-8-9-32(25-63)56-31)23-54-42(41(43)49)34-22-33(66)10-11-37(34)48(50,51)52/h3,6-7,10-11,22-23,27,31-32,39,53,55-56,66H,4-5,8-9,12-21,24-26,28-29H2,1-2H3,(H,57,67,68). The minimum Gasteiger partial charge on any atom is -0.508 e. The molecule has 5 fully saturated rings. The summed E-state index contributed by atoms with van der Waals surface area (Å²) in [6, 6.07) is 8.20. The number of benzene rings is 2. The second-order valence-corrected chi connectivity index (χ2v) is 19.3. The van der Waals surface area contributed by atoms with Crippen molar-refractivity contribution in [3.63, 3.8) is 0 Å². The Hall–Kier alpha value is -5.54. The molecule has 5 aliphatic rings. The monoisotopic (exact) mass is 944 g/mol. The molecule has 3 atom stereocenters. The Labute approximate surface area is 392 Å². The molecule has 3 unspecified atom stereocenters. The van der Waals surface area contributed by atoms with Gasteiger partial charge in [-0.2, -0.15) is 18.2 Å². The van der Waals surface area contributed by atoms with Crippen LogP contribution in [0, 0.1) is 5.82 Å². The number of piperidine rings is 1. The molecule has 0 aliphatic carbocycles. The Bertz CT molecular complexity index is 2500. The largest absolute Gasteiger partial charge is 0.508 e. The number of likely N-dealkylation sites (N-methyl/N-ethyl adjacent to an activating group) is 1. The third-order valence-electron chi connectivity index (χ3n) is 14.2. The smallest absolute Gasteiger partial charge is 0.417 e. The first-order valence-corrected chi connectivity index (χ1v) is 23.7.